The number of benzene rings is 1. The summed E-state index contributed by atoms with van der Waals surface area (Å²) in [5.41, 5.74) is 0.191. The molecule has 8 heteroatoms. The summed E-state index contributed by atoms with van der Waals surface area (Å²) in [5.74, 6) is -2.62. The Bertz CT molecular complexity index is 668. The molecule has 0 bridgehead atoms. The van der Waals surface area contributed by atoms with Gasteiger partial charge in [0.15, 0.2) is 5.78 Å². The van der Waals surface area contributed by atoms with Gasteiger partial charge in [-0.05, 0) is 18.2 Å². The zero-order valence-corrected chi connectivity index (χ0v) is 11.9. The average molecular weight is 329 g/mol. The zero-order chi connectivity index (χ0) is 16.2. The van der Waals surface area contributed by atoms with Gasteiger partial charge in [-0.15, -0.1) is 0 Å². The van der Waals surface area contributed by atoms with Gasteiger partial charge in [0.05, 0.1) is 23.5 Å². The molecule has 1 heterocycles. The second-order valence-corrected chi connectivity index (χ2v) is 5.00. The lowest BCUT2D eigenvalue weighted by molar-refractivity contribution is -0.188. The van der Waals surface area contributed by atoms with Crippen LogP contribution in [0.4, 0.5) is 13.2 Å². The number of hydrogen-bond donors (Lipinski definition) is 0. The molecule has 4 nitrogen and oxygen atoms in total. The Morgan fingerprint density at radius 1 is 1.09 bits per heavy atom. The first-order chi connectivity index (χ1) is 10.4. The maximum Gasteiger partial charge on any atom is 0.492 e. The van der Waals surface area contributed by atoms with Crippen molar-refractivity contribution in [2.45, 2.75) is 17.6 Å². The van der Waals surface area contributed by atoms with Crippen LogP contribution in [0.25, 0.3) is 0 Å². The van der Waals surface area contributed by atoms with Gasteiger partial charge in [-0.1, -0.05) is 18.2 Å². The molecule has 0 saturated carbocycles. The number of Topliss-reactive ketones (excluding diaryl/α,β-unsaturated/α-hetero) is 1. The molecule has 2 rings (SSSR count). The van der Waals surface area contributed by atoms with Crippen molar-refractivity contribution in [1.82, 2.24) is 4.57 Å². The highest BCUT2D eigenvalue weighted by Gasteiger charge is 2.41. The van der Waals surface area contributed by atoms with E-state index >= 15 is 0 Å². The number of halogens is 3. The van der Waals surface area contributed by atoms with Gasteiger partial charge in [0.25, 0.3) is 0 Å². The van der Waals surface area contributed by atoms with E-state index < -0.39 is 12.1 Å². The molecule has 0 spiro atoms. The molecule has 2 aromatic rings. The molecule has 22 heavy (non-hydrogen) atoms. The van der Waals surface area contributed by atoms with Gasteiger partial charge in [-0.25, -0.2) is 4.79 Å². The molecule has 0 atom stereocenters. The number of alkyl halides is 3. The predicted octanol–water partition coefficient (Wildman–Crippen LogP) is 3.48. The lowest BCUT2D eigenvalue weighted by Gasteiger charge is -2.09. The van der Waals surface area contributed by atoms with Crippen molar-refractivity contribution < 1.29 is 26.9 Å². The maximum atomic E-state index is 12.2. The minimum Gasteiger partial charge on any atom is -0.379 e. The van der Waals surface area contributed by atoms with Gasteiger partial charge >= 0.3 is 12.1 Å². The van der Waals surface area contributed by atoms with Crippen LogP contribution < -0.4 is 0 Å². The Balaban J connectivity index is 2.09. The largest absolute Gasteiger partial charge is 0.492 e. The molecule has 0 unspecified atom stereocenters. The van der Waals surface area contributed by atoms with Crippen molar-refractivity contribution in [3.8, 4) is 0 Å². The van der Waals surface area contributed by atoms with E-state index in [9.17, 15) is 22.8 Å². The normalized spacial score (nSPS) is 11.2. The lowest BCUT2D eigenvalue weighted by atomic mass is 10.1. The predicted molar refractivity (Wildman–Crippen MR) is 73.2 cm³/mol. The number of carbonyl (C=O) groups is 2. The monoisotopic (exact) mass is 329 g/mol. The number of aromatic nitrogens is 1. The zero-order valence-electron chi connectivity index (χ0n) is 11.0. The van der Waals surface area contributed by atoms with E-state index in [1.54, 1.807) is 35.2 Å². The molecule has 0 radical (unpaired) electrons. The van der Waals surface area contributed by atoms with Gasteiger partial charge < -0.3 is 8.75 Å². The van der Waals surface area contributed by atoms with Crippen LogP contribution in [0.3, 0.4) is 0 Å². The van der Waals surface area contributed by atoms with Crippen molar-refractivity contribution in [3.05, 3.63) is 54.4 Å². The first kappa shape index (κ1) is 16.2. The van der Waals surface area contributed by atoms with Gasteiger partial charge in [0.1, 0.15) is 0 Å². The second-order valence-electron chi connectivity index (χ2n) is 4.23. The fraction of sp³-hybridized carbons (Fsp3) is 0.143. The third-order valence-electron chi connectivity index (χ3n) is 2.62. The van der Waals surface area contributed by atoms with Crippen LogP contribution in [-0.4, -0.2) is 22.5 Å². The molecule has 0 amide bonds. The number of hydrogen-bond acceptors (Lipinski definition) is 4. The Kier molecular flexibility index (Phi) is 4.92. The third-order valence-corrected chi connectivity index (χ3v) is 3.39. The van der Waals surface area contributed by atoms with E-state index in [0.29, 0.717) is 0 Å². The molecule has 116 valence electrons. The van der Waals surface area contributed by atoms with Gasteiger partial charge in [-0.2, -0.15) is 13.2 Å². The smallest absolute Gasteiger partial charge is 0.379 e. The van der Waals surface area contributed by atoms with Crippen LogP contribution in [0.15, 0.2) is 53.7 Å². The lowest BCUT2D eigenvalue weighted by Crippen LogP contribution is -2.23. The van der Waals surface area contributed by atoms with Crippen LogP contribution in [0.1, 0.15) is 10.4 Å². The van der Waals surface area contributed by atoms with Crippen molar-refractivity contribution in [2.75, 3.05) is 0 Å². The topological polar surface area (TPSA) is 48.3 Å². The fourth-order valence-electron chi connectivity index (χ4n) is 1.63. The summed E-state index contributed by atoms with van der Waals surface area (Å²) in [4.78, 5) is 23.0. The summed E-state index contributed by atoms with van der Waals surface area (Å²) in [6.45, 7) is 0.0395. The van der Waals surface area contributed by atoms with Crippen LogP contribution in [-0.2, 0) is 15.5 Å². The molecular formula is C14H10F3NO3S. The Morgan fingerprint density at radius 3 is 2.36 bits per heavy atom. The second kappa shape index (κ2) is 6.69. The highest BCUT2D eigenvalue weighted by atomic mass is 32.2. The summed E-state index contributed by atoms with van der Waals surface area (Å²) < 4.78 is 42.1. The molecule has 0 aliphatic heterocycles. The van der Waals surface area contributed by atoms with E-state index in [1.807, 2.05) is 0 Å². The molecule has 0 N–H and O–H groups in total. The summed E-state index contributed by atoms with van der Waals surface area (Å²) >= 11 is 0.223. The minimum absolute atomic E-state index is 0.0395. The summed E-state index contributed by atoms with van der Waals surface area (Å²) in [7, 11) is 0. The van der Waals surface area contributed by atoms with Crippen molar-refractivity contribution in [1.29, 1.82) is 0 Å². The van der Waals surface area contributed by atoms with E-state index in [0.717, 1.165) is 0 Å². The summed E-state index contributed by atoms with van der Waals surface area (Å²) in [6.07, 6.45) is -1.69. The quantitative estimate of drug-likeness (QED) is 0.622. The molecule has 0 fully saturated rings. The SMILES string of the molecule is O=C(Cn1cccc1)c1ccccc1SOC(=O)C(F)(F)F. The molecule has 1 aromatic heterocycles. The standard InChI is InChI=1S/C14H10F3NO3S/c15-14(16,17)13(20)21-22-12-6-2-1-5-10(12)11(19)9-18-7-3-4-8-18/h1-8H,9H2. The minimum atomic E-state index is -5.07. The van der Waals surface area contributed by atoms with Crippen LogP contribution in [0, 0.1) is 0 Å². The van der Waals surface area contributed by atoms with Crippen molar-refractivity contribution in [3.63, 3.8) is 0 Å². The number of carbonyl (C=O) groups excluding carboxylic acids is 2. The maximum absolute atomic E-state index is 12.2. The van der Waals surface area contributed by atoms with E-state index in [2.05, 4.69) is 4.18 Å². The van der Waals surface area contributed by atoms with Crippen LogP contribution in [0.5, 0.6) is 0 Å². The first-order valence-electron chi connectivity index (χ1n) is 6.06. The van der Waals surface area contributed by atoms with E-state index in [-0.39, 0.29) is 34.8 Å². The number of nitrogens with zero attached hydrogens (tertiary/aromatic N) is 1. The van der Waals surface area contributed by atoms with Crippen molar-refractivity contribution >= 4 is 23.8 Å². The first-order valence-corrected chi connectivity index (χ1v) is 6.81. The van der Waals surface area contributed by atoms with E-state index in [4.69, 9.17) is 0 Å². The summed E-state index contributed by atoms with van der Waals surface area (Å²) in [5, 5.41) is 0. The van der Waals surface area contributed by atoms with Crippen LogP contribution in [0.2, 0.25) is 0 Å². The van der Waals surface area contributed by atoms with Crippen molar-refractivity contribution in [2.24, 2.45) is 0 Å². The molecular weight excluding hydrogens is 319 g/mol. The van der Waals surface area contributed by atoms with Gasteiger partial charge in [-0.3, -0.25) is 4.79 Å². The Labute approximate surface area is 128 Å². The fourth-order valence-corrected chi connectivity index (χ4v) is 2.29. The highest BCUT2D eigenvalue weighted by Crippen LogP contribution is 2.28. The molecule has 0 aliphatic rings. The average Bonchev–Trinajstić information content (AvgIpc) is 2.96. The van der Waals surface area contributed by atoms with Gasteiger partial charge in [0, 0.05) is 18.0 Å². The van der Waals surface area contributed by atoms with E-state index in [1.165, 1.54) is 18.2 Å². The van der Waals surface area contributed by atoms with Gasteiger partial charge in [0.2, 0.25) is 0 Å². The summed E-state index contributed by atoms with van der Waals surface area (Å²) in [6, 6.07) is 9.50. The number of rotatable bonds is 5. The Morgan fingerprint density at radius 2 is 1.73 bits per heavy atom. The van der Waals surface area contributed by atoms with Crippen LogP contribution >= 0.6 is 12.0 Å². The Hall–Kier alpha value is -2.22. The molecule has 0 saturated heterocycles. The third kappa shape index (κ3) is 4.14. The molecule has 1 aromatic carbocycles. The number of ketones is 1. The molecule has 0 aliphatic carbocycles. The highest BCUT2D eigenvalue weighted by molar-refractivity contribution is 7.95.